The fraction of sp³-hybridized carbons (Fsp3) is 0.500. The normalized spacial score (nSPS) is 16.4. The van der Waals surface area contributed by atoms with E-state index in [4.69, 9.17) is 9.47 Å². The van der Waals surface area contributed by atoms with Crippen molar-refractivity contribution in [1.82, 2.24) is 5.32 Å². The van der Waals surface area contributed by atoms with Gasteiger partial charge in [0, 0.05) is 6.54 Å². The second kappa shape index (κ2) is 5.48. The van der Waals surface area contributed by atoms with E-state index in [2.05, 4.69) is 5.32 Å². The largest absolute Gasteiger partial charge is 0.496 e. The van der Waals surface area contributed by atoms with Crippen LogP contribution in [0.2, 0.25) is 0 Å². The molecule has 0 aliphatic heterocycles. The fourth-order valence-electron chi connectivity index (χ4n) is 2.17. The SMILES string of the molecule is COc1cccc(OC)c1C(=O)NCC1(O)CCC1. The van der Waals surface area contributed by atoms with Gasteiger partial charge < -0.3 is 19.9 Å². The van der Waals surface area contributed by atoms with E-state index in [1.54, 1.807) is 18.2 Å². The summed E-state index contributed by atoms with van der Waals surface area (Å²) < 4.78 is 10.4. The van der Waals surface area contributed by atoms with Crippen LogP contribution in [0.25, 0.3) is 0 Å². The third kappa shape index (κ3) is 2.81. The molecular formula is C14H19NO4. The van der Waals surface area contributed by atoms with Crippen molar-refractivity contribution in [3.63, 3.8) is 0 Å². The quantitative estimate of drug-likeness (QED) is 0.843. The zero-order chi connectivity index (χ0) is 13.9. The van der Waals surface area contributed by atoms with Gasteiger partial charge in [-0.05, 0) is 31.4 Å². The molecule has 2 rings (SSSR count). The molecule has 0 saturated heterocycles. The standard InChI is InChI=1S/C14H19NO4/c1-18-10-5-3-6-11(19-2)12(10)13(16)15-9-14(17)7-4-8-14/h3,5-6,17H,4,7-9H2,1-2H3,(H,15,16). The van der Waals surface area contributed by atoms with Crippen LogP contribution in [0.3, 0.4) is 0 Å². The molecule has 1 amide bonds. The zero-order valence-electron chi connectivity index (χ0n) is 11.2. The molecule has 0 heterocycles. The van der Waals surface area contributed by atoms with Gasteiger partial charge in [-0.3, -0.25) is 4.79 Å². The van der Waals surface area contributed by atoms with Crippen molar-refractivity contribution in [2.24, 2.45) is 0 Å². The van der Waals surface area contributed by atoms with Crippen LogP contribution in [0.5, 0.6) is 11.5 Å². The summed E-state index contributed by atoms with van der Waals surface area (Å²) in [6.07, 6.45) is 2.47. The van der Waals surface area contributed by atoms with Crippen molar-refractivity contribution in [2.75, 3.05) is 20.8 Å². The number of carbonyl (C=O) groups excluding carboxylic acids is 1. The monoisotopic (exact) mass is 265 g/mol. The molecule has 1 aliphatic rings. The maximum Gasteiger partial charge on any atom is 0.258 e. The number of rotatable bonds is 5. The summed E-state index contributed by atoms with van der Waals surface area (Å²) in [5.41, 5.74) is -0.388. The first-order chi connectivity index (χ1) is 9.09. The van der Waals surface area contributed by atoms with Crippen molar-refractivity contribution < 1.29 is 19.4 Å². The molecule has 1 fully saturated rings. The van der Waals surface area contributed by atoms with Crippen LogP contribution in [0.15, 0.2) is 18.2 Å². The Labute approximate surface area is 112 Å². The molecule has 104 valence electrons. The van der Waals surface area contributed by atoms with Crippen molar-refractivity contribution >= 4 is 5.91 Å². The highest BCUT2D eigenvalue weighted by atomic mass is 16.5. The average Bonchev–Trinajstić information content (AvgIpc) is 2.41. The van der Waals surface area contributed by atoms with Crippen LogP contribution in [0.1, 0.15) is 29.6 Å². The molecule has 0 aromatic heterocycles. The first kappa shape index (κ1) is 13.7. The highest BCUT2D eigenvalue weighted by Gasteiger charge is 2.35. The maximum atomic E-state index is 12.2. The molecule has 0 spiro atoms. The number of hydrogen-bond donors (Lipinski definition) is 2. The van der Waals surface area contributed by atoms with Gasteiger partial charge >= 0.3 is 0 Å². The Morgan fingerprint density at radius 1 is 1.32 bits per heavy atom. The van der Waals surface area contributed by atoms with E-state index in [1.165, 1.54) is 14.2 Å². The van der Waals surface area contributed by atoms with E-state index in [0.29, 0.717) is 17.1 Å². The van der Waals surface area contributed by atoms with Gasteiger partial charge in [0.05, 0.1) is 19.8 Å². The molecule has 1 aromatic carbocycles. The molecule has 19 heavy (non-hydrogen) atoms. The topological polar surface area (TPSA) is 67.8 Å². The summed E-state index contributed by atoms with van der Waals surface area (Å²) in [5.74, 6) is 0.615. The number of hydrogen-bond acceptors (Lipinski definition) is 4. The lowest BCUT2D eigenvalue weighted by Crippen LogP contribution is -2.47. The third-order valence-electron chi connectivity index (χ3n) is 3.52. The number of nitrogens with one attached hydrogen (secondary N) is 1. The van der Waals surface area contributed by atoms with Crippen LogP contribution in [-0.2, 0) is 0 Å². The minimum atomic E-state index is -0.745. The molecule has 2 N–H and O–H groups in total. The Morgan fingerprint density at radius 3 is 2.32 bits per heavy atom. The molecule has 0 radical (unpaired) electrons. The van der Waals surface area contributed by atoms with Gasteiger partial charge in [0.1, 0.15) is 17.1 Å². The molecule has 0 unspecified atom stereocenters. The second-order valence-corrected chi connectivity index (χ2v) is 4.80. The second-order valence-electron chi connectivity index (χ2n) is 4.80. The lowest BCUT2D eigenvalue weighted by Gasteiger charge is -2.36. The summed E-state index contributed by atoms with van der Waals surface area (Å²) in [5, 5.41) is 12.7. The van der Waals surface area contributed by atoms with E-state index >= 15 is 0 Å². The van der Waals surface area contributed by atoms with Crippen LogP contribution >= 0.6 is 0 Å². The fourth-order valence-corrected chi connectivity index (χ4v) is 2.17. The number of carbonyl (C=O) groups is 1. The minimum absolute atomic E-state index is 0.257. The number of ether oxygens (including phenoxy) is 2. The summed E-state index contributed by atoms with van der Waals surface area (Å²) >= 11 is 0. The lowest BCUT2D eigenvalue weighted by molar-refractivity contribution is -0.0300. The van der Waals surface area contributed by atoms with Gasteiger partial charge in [0.15, 0.2) is 0 Å². The van der Waals surface area contributed by atoms with Crippen LogP contribution in [0.4, 0.5) is 0 Å². The number of amides is 1. The van der Waals surface area contributed by atoms with Crippen LogP contribution < -0.4 is 14.8 Å². The summed E-state index contributed by atoms with van der Waals surface area (Å²) in [4.78, 5) is 12.2. The van der Waals surface area contributed by atoms with Gasteiger partial charge in [-0.1, -0.05) is 6.07 Å². The Kier molecular flexibility index (Phi) is 3.95. The van der Waals surface area contributed by atoms with Crippen molar-refractivity contribution in [2.45, 2.75) is 24.9 Å². The van der Waals surface area contributed by atoms with Gasteiger partial charge in [-0.25, -0.2) is 0 Å². The summed E-state index contributed by atoms with van der Waals surface area (Å²) in [6.45, 7) is 0.257. The van der Waals surface area contributed by atoms with Crippen molar-refractivity contribution in [1.29, 1.82) is 0 Å². The number of benzene rings is 1. The van der Waals surface area contributed by atoms with E-state index in [0.717, 1.165) is 19.3 Å². The van der Waals surface area contributed by atoms with E-state index in [1.807, 2.05) is 0 Å². The van der Waals surface area contributed by atoms with Gasteiger partial charge in [-0.2, -0.15) is 0 Å². The number of methoxy groups -OCH3 is 2. The minimum Gasteiger partial charge on any atom is -0.496 e. The third-order valence-corrected chi connectivity index (χ3v) is 3.52. The molecule has 1 aliphatic carbocycles. The van der Waals surface area contributed by atoms with E-state index < -0.39 is 5.60 Å². The smallest absolute Gasteiger partial charge is 0.258 e. The predicted octanol–water partition coefficient (Wildman–Crippen LogP) is 1.35. The maximum absolute atomic E-state index is 12.2. The average molecular weight is 265 g/mol. The molecule has 5 nitrogen and oxygen atoms in total. The Bertz CT molecular complexity index is 446. The highest BCUT2D eigenvalue weighted by molar-refractivity contribution is 5.99. The highest BCUT2D eigenvalue weighted by Crippen LogP contribution is 2.32. The van der Waals surface area contributed by atoms with Crippen molar-refractivity contribution in [3.05, 3.63) is 23.8 Å². The number of aliphatic hydroxyl groups is 1. The lowest BCUT2D eigenvalue weighted by atomic mass is 9.80. The first-order valence-electron chi connectivity index (χ1n) is 6.31. The van der Waals surface area contributed by atoms with Gasteiger partial charge in [0.2, 0.25) is 0 Å². The Morgan fingerprint density at radius 2 is 1.89 bits per heavy atom. The first-order valence-corrected chi connectivity index (χ1v) is 6.31. The van der Waals surface area contributed by atoms with E-state index in [9.17, 15) is 9.90 Å². The zero-order valence-corrected chi connectivity index (χ0v) is 11.2. The molecule has 0 atom stereocenters. The van der Waals surface area contributed by atoms with Crippen LogP contribution in [-0.4, -0.2) is 37.4 Å². The summed E-state index contributed by atoms with van der Waals surface area (Å²) in [6, 6.07) is 5.17. The Balaban J connectivity index is 2.13. The van der Waals surface area contributed by atoms with Crippen molar-refractivity contribution in [3.8, 4) is 11.5 Å². The molecule has 1 aromatic rings. The molecule has 0 bridgehead atoms. The predicted molar refractivity (Wildman–Crippen MR) is 70.7 cm³/mol. The van der Waals surface area contributed by atoms with E-state index in [-0.39, 0.29) is 12.5 Å². The van der Waals surface area contributed by atoms with Gasteiger partial charge in [-0.15, -0.1) is 0 Å². The summed E-state index contributed by atoms with van der Waals surface area (Å²) in [7, 11) is 3.01. The molecule has 1 saturated carbocycles. The molecule has 5 heteroatoms. The molecular weight excluding hydrogens is 246 g/mol. The van der Waals surface area contributed by atoms with Gasteiger partial charge in [0.25, 0.3) is 5.91 Å². The Hall–Kier alpha value is -1.75. The van der Waals surface area contributed by atoms with Crippen LogP contribution in [0, 0.1) is 0 Å².